The predicted molar refractivity (Wildman–Crippen MR) is 128 cm³/mol. The van der Waals surface area contributed by atoms with Crippen LogP contribution in [0.2, 0.25) is 0 Å². The van der Waals surface area contributed by atoms with Crippen molar-refractivity contribution in [3.05, 3.63) is 29.8 Å². The zero-order valence-corrected chi connectivity index (χ0v) is 20.9. The molecule has 1 aromatic rings. The van der Waals surface area contributed by atoms with Crippen LogP contribution in [0.4, 0.5) is 10.5 Å². The molecule has 0 spiro atoms. The Morgan fingerprint density at radius 1 is 1.13 bits per heavy atom. The molecule has 6 amide bonds. The lowest BCUT2D eigenvalue weighted by Gasteiger charge is -2.46. The van der Waals surface area contributed by atoms with Gasteiger partial charge >= 0.3 is 29.8 Å². The second kappa shape index (κ2) is 9.31. The molecule has 4 fully saturated rings. The van der Waals surface area contributed by atoms with E-state index in [0.717, 1.165) is 21.6 Å². The topological polar surface area (TPSA) is 183 Å². The number of thioether (sulfide) groups is 1. The standard InChI is InChI=1S/C23H23N5O9S/c1-2-26-7-8-27(19(33)18(26)32)22(36)24-12-6-4-3-5-11(12)9-14(29)25-16-17(31)28-20(16)38-13-10-15(30)37-23(13,28)21(34)35/h3-6,13,16,20H,2,7-10H2,1H3,(H,24,36)(H,25,29)(H,34,35)/t13-,16-,20-,23+/m1/s1. The molecule has 14 nitrogen and oxygen atoms in total. The molecule has 0 radical (unpaired) electrons. The average Bonchev–Trinajstić information content (AvgIpc) is 3.35. The highest BCUT2D eigenvalue weighted by Crippen LogP contribution is 2.55. The fourth-order valence-electron chi connectivity index (χ4n) is 5.00. The monoisotopic (exact) mass is 545 g/mol. The highest BCUT2D eigenvalue weighted by Gasteiger charge is 2.75. The molecule has 3 N–H and O–H groups in total. The molecule has 38 heavy (non-hydrogen) atoms. The van der Waals surface area contributed by atoms with Crippen molar-refractivity contribution in [3.63, 3.8) is 0 Å². The van der Waals surface area contributed by atoms with E-state index in [-0.39, 0.29) is 31.6 Å². The molecule has 4 heterocycles. The number of fused-ring (bicyclic) bond motifs is 3. The zero-order chi connectivity index (χ0) is 27.4. The third-order valence-corrected chi connectivity index (χ3v) is 8.51. The number of aliphatic carboxylic acids is 1. The first-order valence-corrected chi connectivity index (χ1v) is 12.8. The van der Waals surface area contributed by atoms with Crippen LogP contribution in [-0.4, -0.2) is 103 Å². The van der Waals surface area contributed by atoms with Gasteiger partial charge in [-0.25, -0.2) is 9.59 Å². The highest BCUT2D eigenvalue weighted by atomic mass is 32.2. The van der Waals surface area contributed by atoms with Gasteiger partial charge in [-0.15, -0.1) is 11.8 Å². The number of β-lactam (4-membered cyclic amide) rings is 1. The number of ether oxygens (including phenoxy) is 1. The Morgan fingerprint density at radius 3 is 2.58 bits per heavy atom. The quantitative estimate of drug-likeness (QED) is 0.226. The van der Waals surface area contributed by atoms with Gasteiger partial charge in [-0.05, 0) is 18.6 Å². The van der Waals surface area contributed by atoms with Gasteiger partial charge in [-0.2, -0.15) is 0 Å². The van der Waals surface area contributed by atoms with E-state index in [0.29, 0.717) is 12.1 Å². The maximum absolute atomic E-state index is 12.8. The Hall–Kier alpha value is -4.14. The second-order valence-electron chi connectivity index (χ2n) is 9.05. The molecule has 4 saturated heterocycles. The number of benzene rings is 1. The van der Waals surface area contributed by atoms with Crippen molar-refractivity contribution in [3.8, 4) is 0 Å². The summed E-state index contributed by atoms with van der Waals surface area (Å²) in [5, 5.41) is 13.4. The van der Waals surface area contributed by atoms with Gasteiger partial charge in [0.15, 0.2) is 0 Å². The number of carbonyl (C=O) groups excluding carboxylic acids is 6. The van der Waals surface area contributed by atoms with Crippen LogP contribution in [0.25, 0.3) is 0 Å². The number of carbonyl (C=O) groups is 7. The van der Waals surface area contributed by atoms with Crippen molar-refractivity contribution in [1.82, 2.24) is 20.0 Å². The summed E-state index contributed by atoms with van der Waals surface area (Å²) in [5.74, 6) is -5.10. The number of nitrogens with one attached hydrogen (secondary N) is 2. The Balaban J connectivity index is 1.23. The third kappa shape index (κ3) is 3.84. The number of para-hydroxylation sites is 1. The number of carboxylic acid groups (broad SMARTS) is 1. The fourth-order valence-corrected chi connectivity index (χ4v) is 6.74. The highest BCUT2D eigenvalue weighted by molar-refractivity contribution is 8.01. The summed E-state index contributed by atoms with van der Waals surface area (Å²) in [4.78, 5) is 89.6. The van der Waals surface area contributed by atoms with E-state index >= 15 is 0 Å². The lowest BCUT2D eigenvalue weighted by Crippen LogP contribution is -2.74. The summed E-state index contributed by atoms with van der Waals surface area (Å²) < 4.78 is 5.06. The van der Waals surface area contributed by atoms with Crippen molar-refractivity contribution in [2.45, 2.75) is 42.2 Å². The van der Waals surface area contributed by atoms with E-state index in [4.69, 9.17) is 4.74 Å². The van der Waals surface area contributed by atoms with Gasteiger partial charge in [0.2, 0.25) is 5.91 Å². The number of anilines is 1. The summed E-state index contributed by atoms with van der Waals surface area (Å²) in [6.45, 7) is 2.32. The van der Waals surface area contributed by atoms with Crippen LogP contribution >= 0.6 is 11.8 Å². The summed E-state index contributed by atoms with van der Waals surface area (Å²) in [6, 6.07) is 4.56. The van der Waals surface area contributed by atoms with Gasteiger partial charge in [-0.3, -0.25) is 33.8 Å². The molecular formula is C23H23N5O9S. The van der Waals surface area contributed by atoms with E-state index < -0.39 is 64.0 Å². The number of piperazine rings is 1. The number of hydrogen-bond acceptors (Lipinski definition) is 9. The number of hydrogen-bond donors (Lipinski definition) is 3. The van der Waals surface area contributed by atoms with Gasteiger partial charge in [0.25, 0.3) is 11.6 Å². The van der Waals surface area contributed by atoms with Crippen molar-refractivity contribution in [2.75, 3.05) is 25.0 Å². The van der Waals surface area contributed by atoms with Gasteiger partial charge in [0.05, 0.1) is 18.1 Å². The van der Waals surface area contributed by atoms with Crippen LogP contribution in [-0.2, 0) is 39.9 Å². The molecule has 200 valence electrons. The minimum Gasteiger partial charge on any atom is -0.477 e. The van der Waals surface area contributed by atoms with Crippen LogP contribution in [0.5, 0.6) is 0 Å². The molecule has 4 aliphatic rings. The smallest absolute Gasteiger partial charge is 0.371 e. The Bertz CT molecular complexity index is 1290. The van der Waals surface area contributed by atoms with Crippen molar-refractivity contribution >= 4 is 59.0 Å². The number of likely N-dealkylation sites (N-methyl/N-ethyl adjacent to an activating group) is 1. The predicted octanol–water partition coefficient (Wildman–Crippen LogP) is -1.05. The second-order valence-corrected chi connectivity index (χ2v) is 10.4. The molecule has 4 aliphatic heterocycles. The molecular weight excluding hydrogens is 522 g/mol. The molecule has 1 aromatic carbocycles. The minimum atomic E-state index is -2.07. The first kappa shape index (κ1) is 25.5. The summed E-state index contributed by atoms with van der Waals surface area (Å²) in [7, 11) is 0. The van der Waals surface area contributed by atoms with Gasteiger partial charge in [-0.1, -0.05) is 18.2 Å². The van der Waals surface area contributed by atoms with Crippen molar-refractivity contribution < 1.29 is 43.4 Å². The normalized spacial score (nSPS) is 27.9. The summed E-state index contributed by atoms with van der Waals surface area (Å²) >= 11 is 1.09. The molecule has 5 rings (SSSR count). The number of rotatable bonds is 6. The summed E-state index contributed by atoms with van der Waals surface area (Å²) in [6.07, 6.45) is -0.400. The number of carboxylic acids is 1. The van der Waals surface area contributed by atoms with E-state index in [1.807, 2.05) is 0 Å². The average molecular weight is 546 g/mol. The van der Waals surface area contributed by atoms with Crippen LogP contribution in [0, 0.1) is 0 Å². The Labute approximate surface area is 219 Å². The summed E-state index contributed by atoms with van der Waals surface area (Å²) in [5.41, 5.74) is -1.43. The minimum absolute atomic E-state index is 0.0282. The first-order valence-electron chi connectivity index (χ1n) is 11.8. The van der Waals surface area contributed by atoms with Crippen LogP contribution in [0.1, 0.15) is 18.9 Å². The SMILES string of the molecule is CCN1CCN(C(=O)Nc2ccccc2CC(=O)N[C@@H]2C(=O)N3[C@@H]2S[C@@H]2CC(=O)O[C@]23C(=O)O)C(=O)C1=O. The van der Waals surface area contributed by atoms with Gasteiger partial charge in [0.1, 0.15) is 11.4 Å². The van der Waals surface area contributed by atoms with Crippen molar-refractivity contribution in [1.29, 1.82) is 0 Å². The van der Waals surface area contributed by atoms with Gasteiger partial charge < -0.3 is 25.4 Å². The molecule has 0 saturated carbocycles. The molecule has 0 aliphatic carbocycles. The van der Waals surface area contributed by atoms with E-state index in [1.54, 1.807) is 25.1 Å². The maximum Gasteiger partial charge on any atom is 0.371 e. The number of urea groups is 1. The first-order chi connectivity index (χ1) is 18.1. The van der Waals surface area contributed by atoms with E-state index in [2.05, 4.69) is 10.6 Å². The number of esters is 1. The molecule has 0 aromatic heterocycles. The van der Waals surface area contributed by atoms with Crippen LogP contribution < -0.4 is 10.6 Å². The van der Waals surface area contributed by atoms with Crippen LogP contribution in [0.15, 0.2) is 24.3 Å². The zero-order valence-electron chi connectivity index (χ0n) is 20.0. The maximum atomic E-state index is 12.8. The molecule has 15 heteroatoms. The number of imide groups is 1. The molecule has 0 unspecified atom stereocenters. The molecule has 0 bridgehead atoms. The van der Waals surface area contributed by atoms with E-state index in [9.17, 15) is 38.7 Å². The lowest BCUT2D eigenvalue weighted by atomic mass is 9.98. The lowest BCUT2D eigenvalue weighted by molar-refractivity contribution is -0.204. The largest absolute Gasteiger partial charge is 0.477 e. The Morgan fingerprint density at radius 2 is 1.87 bits per heavy atom. The number of amides is 6. The van der Waals surface area contributed by atoms with E-state index in [1.165, 1.54) is 11.0 Å². The number of nitrogens with zero attached hydrogens (tertiary/aromatic N) is 3. The van der Waals surface area contributed by atoms with Crippen molar-refractivity contribution in [2.24, 2.45) is 0 Å². The third-order valence-electron chi connectivity index (χ3n) is 6.93. The Kier molecular flexibility index (Phi) is 6.25. The molecule has 4 atom stereocenters. The van der Waals surface area contributed by atoms with Crippen LogP contribution in [0.3, 0.4) is 0 Å². The fraction of sp³-hybridized carbons (Fsp3) is 0.435. The van der Waals surface area contributed by atoms with Gasteiger partial charge in [0, 0.05) is 25.3 Å².